The van der Waals surface area contributed by atoms with E-state index in [9.17, 15) is 5.11 Å². The number of aromatic hydroxyl groups is 1. The second-order valence-corrected chi connectivity index (χ2v) is 5.48. The zero-order chi connectivity index (χ0) is 12.8. The number of rotatable bonds is 1. The van der Waals surface area contributed by atoms with E-state index in [2.05, 4.69) is 0 Å². The van der Waals surface area contributed by atoms with Gasteiger partial charge in [0.25, 0.3) is 0 Å². The Labute approximate surface area is 108 Å². The predicted molar refractivity (Wildman–Crippen MR) is 70.4 cm³/mol. The molecule has 94 valence electrons. The van der Waals surface area contributed by atoms with Crippen LogP contribution in [0.5, 0.6) is 11.5 Å². The van der Waals surface area contributed by atoms with Gasteiger partial charge in [-0.05, 0) is 57.2 Å². The van der Waals surface area contributed by atoms with Crippen LogP contribution < -0.4 is 4.74 Å². The minimum Gasteiger partial charge on any atom is -0.507 e. The summed E-state index contributed by atoms with van der Waals surface area (Å²) in [4.78, 5) is 0. The van der Waals surface area contributed by atoms with Crippen molar-refractivity contribution in [1.29, 1.82) is 0 Å². The molecule has 2 rings (SSSR count). The second-order valence-electron chi connectivity index (χ2n) is 5.22. The van der Waals surface area contributed by atoms with Crippen LogP contribution in [0.4, 0.5) is 0 Å². The van der Waals surface area contributed by atoms with Crippen molar-refractivity contribution in [3.8, 4) is 11.5 Å². The molecule has 0 spiro atoms. The highest BCUT2D eigenvalue weighted by atomic mass is 35.5. The minimum absolute atomic E-state index is 0.283. The Hall–Kier alpha value is -0.890. The molecule has 0 amide bonds. The van der Waals surface area contributed by atoms with Crippen molar-refractivity contribution in [3.63, 3.8) is 0 Å². The Morgan fingerprint density at radius 2 is 1.88 bits per heavy atom. The summed E-state index contributed by atoms with van der Waals surface area (Å²) in [5.41, 5.74) is 3.72. The molecule has 1 atom stereocenters. The zero-order valence-corrected chi connectivity index (χ0v) is 11.6. The highest BCUT2D eigenvalue weighted by Gasteiger charge is 2.33. The van der Waals surface area contributed by atoms with Crippen LogP contribution in [-0.4, -0.2) is 16.6 Å². The third-order valence-corrected chi connectivity index (χ3v) is 4.44. The standard InChI is InChI=1S/C14H19ClO2/c1-8-9(2)13-11(10(3)12(8)16)5-6-14(4,7-15)17-13/h16H,5-7H2,1-4H3. The van der Waals surface area contributed by atoms with Gasteiger partial charge in [0, 0.05) is 5.56 Å². The summed E-state index contributed by atoms with van der Waals surface area (Å²) in [6.45, 7) is 7.91. The van der Waals surface area contributed by atoms with Gasteiger partial charge in [-0.25, -0.2) is 0 Å². The van der Waals surface area contributed by atoms with Crippen LogP contribution in [0.2, 0.25) is 0 Å². The Morgan fingerprint density at radius 3 is 2.47 bits per heavy atom. The molecule has 1 aromatic rings. The fourth-order valence-corrected chi connectivity index (χ4v) is 2.58. The maximum absolute atomic E-state index is 10.0. The van der Waals surface area contributed by atoms with Crippen LogP contribution in [-0.2, 0) is 6.42 Å². The summed E-state index contributed by atoms with van der Waals surface area (Å²) in [5.74, 6) is 1.82. The summed E-state index contributed by atoms with van der Waals surface area (Å²) in [6, 6.07) is 0. The molecule has 17 heavy (non-hydrogen) atoms. The van der Waals surface area contributed by atoms with E-state index in [1.165, 1.54) is 0 Å². The van der Waals surface area contributed by atoms with Gasteiger partial charge < -0.3 is 9.84 Å². The third kappa shape index (κ3) is 1.89. The SMILES string of the molecule is Cc1c(C)c2c(c(C)c1O)CCC(C)(CCl)O2. The van der Waals surface area contributed by atoms with Gasteiger partial charge in [-0.1, -0.05) is 0 Å². The molecule has 1 aliphatic rings. The minimum atomic E-state index is -0.283. The summed E-state index contributed by atoms with van der Waals surface area (Å²) in [6.07, 6.45) is 1.81. The van der Waals surface area contributed by atoms with Crippen molar-refractivity contribution in [3.05, 3.63) is 22.3 Å². The molecule has 0 saturated heterocycles. The molecule has 1 aliphatic heterocycles. The van der Waals surface area contributed by atoms with E-state index < -0.39 is 0 Å². The van der Waals surface area contributed by atoms with Gasteiger partial charge in [-0.3, -0.25) is 0 Å². The highest BCUT2D eigenvalue weighted by Crippen LogP contribution is 2.43. The van der Waals surface area contributed by atoms with Gasteiger partial charge in [-0.15, -0.1) is 11.6 Å². The van der Waals surface area contributed by atoms with Crippen LogP contribution in [0.15, 0.2) is 0 Å². The number of hydrogen-bond acceptors (Lipinski definition) is 2. The van der Waals surface area contributed by atoms with Crippen molar-refractivity contribution in [1.82, 2.24) is 0 Å². The number of alkyl halides is 1. The van der Waals surface area contributed by atoms with E-state index in [1.54, 1.807) is 0 Å². The van der Waals surface area contributed by atoms with Crippen LogP contribution in [0.25, 0.3) is 0 Å². The molecule has 1 unspecified atom stereocenters. The van der Waals surface area contributed by atoms with Gasteiger partial charge in [0.05, 0.1) is 5.88 Å². The second kappa shape index (κ2) is 4.09. The first-order chi connectivity index (χ1) is 7.89. The Balaban J connectivity index is 2.59. The predicted octanol–water partition coefficient (Wildman–Crippen LogP) is 3.64. The number of benzene rings is 1. The molecule has 1 N–H and O–H groups in total. The lowest BCUT2D eigenvalue weighted by Crippen LogP contribution is -2.38. The Kier molecular flexibility index (Phi) is 3.03. The monoisotopic (exact) mass is 254 g/mol. The molecule has 3 heteroatoms. The number of phenols is 1. The molecule has 0 aromatic heterocycles. The van der Waals surface area contributed by atoms with Crippen LogP contribution >= 0.6 is 11.6 Å². The third-order valence-electron chi connectivity index (χ3n) is 3.88. The smallest absolute Gasteiger partial charge is 0.127 e. The molecule has 0 saturated carbocycles. The van der Waals surface area contributed by atoms with Crippen molar-refractivity contribution in [2.75, 3.05) is 5.88 Å². The van der Waals surface area contributed by atoms with E-state index in [1.807, 2.05) is 27.7 Å². The van der Waals surface area contributed by atoms with E-state index in [0.717, 1.165) is 40.8 Å². The van der Waals surface area contributed by atoms with Gasteiger partial charge in [0.1, 0.15) is 17.1 Å². The summed E-state index contributed by atoms with van der Waals surface area (Å²) in [5, 5.41) is 10.0. The molecule has 2 nitrogen and oxygen atoms in total. The van der Waals surface area contributed by atoms with Crippen molar-refractivity contribution >= 4 is 11.6 Å². The lowest BCUT2D eigenvalue weighted by molar-refractivity contribution is 0.0866. The first-order valence-corrected chi connectivity index (χ1v) is 6.49. The van der Waals surface area contributed by atoms with Gasteiger partial charge in [-0.2, -0.15) is 0 Å². The van der Waals surface area contributed by atoms with Gasteiger partial charge >= 0.3 is 0 Å². The van der Waals surface area contributed by atoms with Crippen molar-refractivity contribution in [2.24, 2.45) is 0 Å². The quantitative estimate of drug-likeness (QED) is 0.776. The lowest BCUT2D eigenvalue weighted by Gasteiger charge is -2.36. The first kappa shape index (κ1) is 12.6. The number of ether oxygens (including phenoxy) is 1. The highest BCUT2D eigenvalue weighted by molar-refractivity contribution is 6.18. The molecule has 0 bridgehead atoms. The van der Waals surface area contributed by atoms with E-state index >= 15 is 0 Å². The molecule has 0 radical (unpaired) electrons. The van der Waals surface area contributed by atoms with Crippen LogP contribution in [0, 0.1) is 20.8 Å². The Bertz CT molecular complexity index is 468. The van der Waals surface area contributed by atoms with E-state index in [-0.39, 0.29) is 5.60 Å². The largest absolute Gasteiger partial charge is 0.507 e. The average Bonchev–Trinajstić information content (AvgIpc) is 2.33. The molecular weight excluding hydrogens is 236 g/mol. The van der Waals surface area contributed by atoms with E-state index in [4.69, 9.17) is 16.3 Å². The fourth-order valence-electron chi connectivity index (χ4n) is 2.39. The van der Waals surface area contributed by atoms with Crippen molar-refractivity contribution < 1.29 is 9.84 Å². The lowest BCUT2D eigenvalue weighted by atomic mass is 9.88. The molecule has 1 aromatic carbocycles. The maximum Gasteiger partial charge on any atom is 0.127 e. The van der Waals surface area contributed by atoms with Crippen molar-refractivity contribution in [2.45, 2.75) is 46.1 Å². The first-order valence-electron chi connectivity index (χ1n) is 5.96. The molecule has 0 aliphatic carbocycles. The van der Waals surface area contributed by atoms with Crippen LogP contribution in [0.3, 0.4) is 0 Å². The molecular formula is C14H19ClO2. The average molecular weight is 255 g/mol. The summed E-state index contributed by atoms with van der Waals surface area (Å²) in [7, 11) is 0. The fraction of sp³-hybridized carbons (Fsp3) is 0.571. The number of hydrogen-bond donors (Lipinski definition) is 1. The number of fused-ring (bicyclic) bond motifs is 1. The van der Waals surface area contributed by atoms with Gasteiger partial charge in [0.15, 0.2) is 0 Å². The summed E-state index contributed by atoms with van der Waals surface area (Å²) < 4.78 is 6.07. The molecule has 0 fully saturated rings. The molecule has 1 heterocycles. The maximum atomic E-state index is 10.0. The summed E-state index contributed by atoms with van der Waals surface area (Å²) >= 11 is 5.98. The number of halogens is 1. The zero-order valence-electron chi connectivity index (χ0n) is 10.9. The number of phenolic OH excluding ortho intramolecular Hbond substituents is 1. The Morgan fingerprint density at radius 1 is 1.24 bits per heavy atom. The van der Waals surface area contributed by atoms with E-state index in [0.29, 0.717) is 11.6 Å². The normalized spacial score (nSPS) is 23.1. The van der Waals surface area contributed by atoms with Gasteiger partial charge in [0.2, 0.25) is 0 Å². The topological polar surface area (TPSA) is 29.5 Å². The van der Waals surface area contributed by atoms with Crippen LogP contribution in [0.1, 0.15) is 35.6 Å².